The van der Waals surface area contributed by atoms with Gasteiger partial charge in [0.25, 0.3) is 5.91 Å². The van der Waals surface area contributed by atoms with Crippen LogP contribution >= 0.6 is 0 Å². The first-order valence-electron chi connectivity index (χ1n) is 10.1. The molecule has 3 aliphatic heterocycles. The Morgan fingerprint density at radius 2 is 1.87 bits per heavy atom. The van der Waals surface area contributed by atoms with Crippen molar-refractivity contribution in [3.8, 4) is 6.07 Å². The second-order valence-corrected chi connectivity index (χ2v) is 8.08. The summed E-state index contributed by atoms with van der Waals surface area (Å²) >= 11 is 0. The Labute approximate surface area is 172 Å². The maximum absolute atomic E-state index is 13.7. The molecule has 1 amide bonds. The largest absolute Gasteiger partial charge is 0.356 e. The highest BCUT2D eigenvalue weighted by Crippen LogP contribution is 2.48. The number of fused-ring (bicyclic) bond motifs is 1. The van der Waals surface area contributed by atoms with Gasteiger partial charge in [0.2, 0.25) is 0 Å². The molecule has 3 fully saturated rings. The van der Waals surface area contributed by atoms with E-state index in [1.165, 1.54) is 18.3 Å². The maximum Gasteiger partial charge on any atom is 0.257 e. The Balaban J connectivity index is 1.33. The molecule has 2 aromatic rings. The number of amides is 1. The fourth-order valence-corrected chi connectivity index (χ4v) is 4.88. The first kappa shape index (κ1) is 18.9. The van der Waals surface area contributed by atoms with Gasteiger partial charge in [0.1, 0.15) is 29.7 Å². The van der Waals surface area contributed by atoms with E-state index in [2.05, 4.69) is 16.0 Å². The molecule has 5 rings (SSSR count). The summed E-state index contributed by atoms with van der Waals surface area (Å²) in [6.07, 6.45) is 3.49. The number of halogens is 2. The summed E-state index contributed by atoms with van der Waals surface area (Å²) < 4.78 is 33.7. The van der Waals surface area contributed by atoms with Crippen LogP contribution in [0.4, 0.5) is 14.6 Å². The maximum atomic E-state index is 13.7. The SMILES string of the molecule is N#Cc1ccc(N2CCC3(CC2)OC2CCC(c4cc(F)cc(F)c4)N2C3=O)nc1. The lowest BCUT2D eigenvalue weighted by Gasteiger charge is -2.38. The Morgan fingerprint density at radius 3 is 2.50 bits per heavy atom. The summed E-state index contributed by atoms with van der Waals surface area (Å²) in [5.41, 5.74) is 0.0865. The lowest BCUT2D eigenvalue weighted by molar-refractivity contribution is -0.140. The van der Waals surface area contributed by atoms with Crippen molar-refractivity contribution < 1.29 is 18.3 Å². The molecule has 154 valence electrons. The lowest BCUT2D eigenvalue weighted by Crippen LogP contribution is -2.50. The summed E-state index contributed by atoms with van der Waals surface area (Å²) in [6.45, 7) is 1.20. The molecule has 0 radical (unpaired) electrons. The molecule has 1 aromatic heterocycles. The topological polar surface area (TPSA) is 69.5 Å². The number of benzene rings is 1. The van der Waals surface area contributed by atoms with E-state index in [0.29, 0.717) is 49.9 Å². The minimum Gasteiger partial charge on any atom is -0.356 e. The van der Waals surface area contributed by atoms with Gasteiger partial charge in [-0.3, -0.25) is 4.79 Å². The van der Waals surface area contributed by atoms with Gasteiger partial charge in [-0.25, -0.2) is 13.8 Å². The molecular weight excluding hydrogens is 390 g/mol. The lowest BCUT2D eigenvalue weighted by atomic mass is 9.89. The summed E-state index contributed by atoms with van der Waals surface area (Å²) in [6, 6.07) is 8.65. The molecule has 8 heteroatoms. The Hall–Kier alpha value is -3.05. The second kappa shape index (κ2) is 7.03. The zero-order valence-electron chi connectivity index (χ0n) is 16.2. The molecule has 0 bridgehead atoms. The molecular formula is C22H20F2N4O2. The van der Waals surface area contributed by atoms with Crippen molar-refractivity contribution in [3.05, 3.63) is 59.3 Å². The van der Waals surface area contributed by atoms with Crippen LogP contribution in [0.1, 0.15) is 42.9 Å². The van der Waals surface area contributed by atoms with Crippen molar-refractivity contribution in [2.24, 2.45) is 0 Å². The van der Waals surface area contributed by atoms with Crippen LogP contribution in [-0.2, 0) is 9.53 Å². The molecule has 0 saturated carbocycles. The van der Waals surface area contributed by atoms with Crippen LogP contribution in [0, 0.1) is 23.0 Å². The normalized spacial score (nSPS) is 24.9. The van der Waals surface area contributed by atoms with Crippen LogP contribution in [0.3, 0.4) is 0 Å². The first-order chi connectivity index (χ1) is 14.5. The standard InChI is InChI=1S/C22H20F2N4O2/c23-16-9-15(10-17(24)11-16)18-2-4-20-28(18)21(29)22(30-20)5-7-27(8-6-22)19-3-1-14(12-25)13-26-19/h1,3,9-11,13,18,20H,2,4-8H2. The van der Waals surface area contributed by atoms with E-state index in [0.717, 1.165) is 11.9 Å². The van der Waals surface area contributed by atoms with Gasteiger partial charge in [-0.05, 0) is 42.7 Å². The third-order valence-corrected chi connectivity index (χ3v) is 6.36. The van der Waals surface area contributed by atoms with Crippen LogP contribution in [0.2, 0.25) is 0 Å². The number of anilines is 1. The predicted octanol–water partition coefficient (Wildman–Crippen LogP) is 3.29. The van der Waals surface area contributed by atoms with Gasteiger partial charge in [0, 0.05) is 38.2 Å². The number of ether oxygens (including phenoxy) is 1. The van der Waals surface area contributed by atoms with Gasteiger partial charge in [-0.1, -0.05) is 0 Å². The fraction of sp³-hybridized carbons (Fsp3) is 0.409. The molecule has 1 aromatic carbocycles. The minimum atomic E-state index is -0.891. The predicted molar refractivity (Wildman–Crippen MR) is 103 cm³/mol. The average Bonchev–Trinajstić information content (AvgIpc) is 3.26. The van der Waals surface area contributed by atoms with Crippen LogP contribution in [0.15, 0.2) is 36.5 Å². The number of carbonyl (C=O) groups excluding carboxylic acids is 1. The zero-order chi connectivity index (χ0) is 20.9. The summed E-state index contributed by atoms with van der Waals surface area (Å²) in [7, 11) is 0. The van der Waals surface area contributed by atoms with Crippen molar-refractivity contribution in [2.45, 2.75) is 43.6 Å². The Bertz CT molecular complexity index is 1010. The average molecular weight is 410 g/mol. The molecule has 6 nitrogen and oxygen atoms in total. The van der Waals surface area contributed by atoms with Gasteiger partial charge < -0.3 is 14.5 Å². The van der Waals surface area contributed by atoms with Gasteiger partial charge >= 0.3 is 0 Å². The van der Waals surface area contributed by atoms with Gasteiger partial charge in [-0.15, -0.1) is 0 Å². The van der Waals surface area contributed by atoms with Crippen LogP contribution in [0.25, 0.3) is 0 Å². The van der Waals surface area contributed by atoms with Crippen LogP contribution in [0.5, 0.6) is 0 Å². The number of hydrogen-bond acceptors (Lipinski definition) is 5. The molecule has 1 spiro atoms. The number of nitrogens with zero attached hydrogens (tertiary/aromatic N) is 4. The third kappa shape index (κ3) is 3.01. The highest BCUT2D eigenvalue weighted by Gasteiger charge is 2.58. The van der Waals surface area contributed by atoms with E-state index in [-0.39, 0.29) is 18.2 Å². The quantitative estimate of drug-likeness (QED) is 0.760. The van der Waals surface area contributed by atoms with Crippen LogP contribution < -0.4 is 4.90 Å². The number of nitriles is 1. The number of carbonyl (C=O) groups is 1. The number of rotatable bonds is 2. The second-order valence-electron chi connectivity index (χ2n) is 8.08. The van der Waals surface area contributed by atoms with E-state index >= 15 is 0 Å². The summed E-state index contributed by atoms with van der Waals surface area (Å²) in [5, 5.41) is 8.92. The molecule has 30 heavy (non-hydrogen) atoms. The molecule has 2 atom stereocenters. The highest BCUT2D eigenvalue weighted by atomic mass is 19.1. The van der Waals surface area contributed by atoms with E-state index in [9.17, 15) is 13.6 Å². The minimum absolute atomic E-state index is 0.0906. The van der Waals surface area contributed by atoms with Crippen molar-refractivity contribution in [1.29, 1.82) is 5.26 Å². The molecule has 2 unspecified atom stereocenters. The van der Waals surface area contributed by atoms with Crippen molar-refractivity contribution in [3.63, 3.8) is 0 Å². The monoisotopic (exact) mass is 410 g/mol. The molecule has 3 saturated heterocycles. The first-order valence-corrected chi connectivity index (χ1v) is 10.1. The number of piperidine rings is 1. The van der Waals surface area contributed by atoms with Gasteiger partial charge in [-0.2, -0.15) is 5.26 Å². The number of hydrogen-bond donors (Lipinski definition) is 0. The fourth-order valence-electron chi connectivity index (χ4n) is 4.88. The Morgan fingerprint density at radius 1 is 1.13 bits per heavy atom. The van der Waals surface area contributed by atoms with E-state index < -0.39 is 17.2 Å². The third-order valence-electron chi connectivity index (χ3n) is 6.36. The van der Waals surface area contributed by atoms with Crippen LogP contribution in [-0.4, -0.2) is 40.7 Å². The molecule has 4 heterocycles. The molecule has 0 N–H and O–H groups in total. The summed E-state index contributed by atoms with van der Waals surface area (Å²) in [4.78, 5) is 21.5. The van der Waals surface area contributed by atoms with E-state index in [1.54, 1.807) is 17.0 Å². The van der Waals surface area contributed by atoms with E-state index in [1.807, 2.05) is 0 Å². The van der Waals surface area contributed by atoms with Gasteiger partial charge in [0.05, 0.1) is 11.6 Å². The van der Waals surface area contributed by atoms with E-state index in [4.69, 9.17) is 10.00 Å². The van der Waals surface area contributed by atoms with Crippen molar-refractivity contribution in [1.82, 2.24) is 9.88 Å². The van der Waals surface area contributed by atoms with Crippen molar-refractivity contribution >= 4 is 11.7 Å². The molecule has 3 aliphatic rings. The number of pyridine rings is 1. The zero-order valence-corrected chi connectivity index (χ0v) is 16.2. The Kier molecular flexibility index (Phi) is 4.44. The summed E-state index contributed by atoms with van der Waals surface area (Å²) in [5.74, 6) is -0.604. The van der Waals surface area contributed by atoms with Crippen molar-refractivity contribution in [2.75, 3.05) is 18.0 Å². The molecule has 0 aliphatic carbocycles. The van der Waals surface area contributed by atoms with Gasteiger partial charge in [0.15, 0.2) is 5.60 Å². The number of aromatic nitrogens is 1. The smallest absolute Gasteiger partial charge is 0.257 e. The highest BCUT2D eigenvalue weighted by molar-refractivity contribution is 5.88.